The minimum Gasteiger partial charge on any atom is -0.497 e. The van der Waals surface area contributed by atoms with Crippen molar-refractivity contribution in [3.05, 3.63) is 58.5 Å². The zero-order valence-corrected chi connectivity index (χ0v) is 16.4. The number of anilines is 1. The number of hydrogen-bond donors (Lipinski definition) is 2. The molecule has 1 unspecified atom stereocenters. The van der Waals surface area contributed by atoms with Crippen molar-refractivity contribution in [2.75, 3.05) is 19.0 Å². The fraction of sp³-hybridized carbons (Fsp3) is 0.250. The molecule has 158 valence electrons. The van der Waals surface area contributed by atoms with Gasteiger partial charge in [-0.2, -0.15) is 13.2 Å². The van der Waals surface area contributed by atoms with Gasteiger partial charge in [0.25, 0.3) is 0 Å². The number of carbonyl (C=O) groups is 1. The van der Waals surface area contributed by atoms with Crippen LogP contribution in [0, 0.1) is 5.82 Å². The Kier molecular flexibility index (Phi) is 5.01. The maximum absolute atomic E-state index is 14.0. The van der Waals surface area contributed by atoms with E-state index < -0.39 is 24.1 Å². The summed E-state index contributed by atoms with van der Waals surface area (Å²) in [6.07, 6.45) is -4.51. The molecular weight excluding hydrogens is 426 g/mol. The topological polar surface area (TPSA) is 57.4 Å². The van der Waals surface area contributed by atoms with Gasteiger partial charge in [0.05, 0.1) is 12.8 Å². The molecule has 5 nitrogen and oxygen atoms in total. The molecule has 1 aliphatic heterocycles. The fourth-order valence-electron chi connectivity index (χ4n) is 3.77. The second kappa shape index (κ2) is 7.39. The highest BCUT2D eigenvalue weighted by molar-refractivity contribution is 6.30. The zero-order chi connectivity index (χ0) is 21.6. The Morgan fingerprint density at radius 3 is 2.70 bits per heavy atom. The van der Waals surface area contributed by atoms with Gasteiger partial charge in [0, 0.05) is 28.2 Å². The average molecular weight is 442 g/mol. The number of aromatic nitrogens is 1. The minimum atomic E-state index is -4.73. The number of H-pyrrole nitrogens is 1. The molecule has 2 aromatic carbocycles. The third-order valence-electron chi connectivity index (χ3n) is 5.02. The lowest BCUT2D eigenvalue weighted by atomic mass is 9.97. The molecule has 2 amide bonds. The highest BCUT2D eigenvalue weighted by Crippen LogP contribution is 2.44. The van der Waals surface area contributed by atoms with Crippen molar-refractivity contribution in [3.8, 4) is 5.75 Å². The predicted octanol–water partition coefficient (Wildman–Crippen LogP) is 5.66. The number of fused-ring (bicyclic) bond motifs is 3. The van der Waals surface area contributed by atoms with Gasteiger partial charge in [0.1, 0.15) is 11.6 Å². The Morgan fingerprint density at radius 2 is 2.03 bits per heavy atom. The maximum atomic E-state index is 14.0. The smallest absolute Gasteiger partial charge is 0.414 e. The molecule has 0 bridgehead atoms. The van der Waals surface area contributed by atoms with Crippen LogP contribution in [0.25, 0.3) is 10.9 Å². The lowest BCUT2D eigenvalue weighted by Crippen LogP contribution is -2.48. The van der Waals surface area contributed by atoms with E-state index in [2.05, 4.69) is 10.3 Å². The standard InChI is InChI=1S/C20H16ClF4N3O2/c1-30-13-2-3-16-15(9-13)14-4-5-28(18(17(14)27-16)20(23,24)25)19(29)26-12-7-10(21)6-11(22)8-12/h2-3,6-9,18,27H,4-5H2,1H3,(H,26,29). The van der Waals surface area contributed by atoms with Crippen molar-refractivity contribution < 1.29 is 27.1 Å². The van der Waals surface area contributed by atoms with Gasteiger partial charge in [-0.15, -0.1) is 0 Å². The van der Waals surface area contributed by atoms with Gasteiger partial charge in [-0.3, -0.25) is 0 Å². The molecule has 1 aliphatic rings. The molecular formula is C20H16ClF4N3O2. The van der Waals surface area contributed by atoms with Gasteiger partial charge in [0.15, 0.2) is 6.04 Å². The van der Waals surface area contributed by atoms with Crippen LogP contribution in [0.3, 0.4) is 0 Å². The number of methoxy groups -OCH3 is 1. The largest absolute Gasteiger partial charge is 0.497 e. The van der Waals surface area contributed by atoms with E-state index in [0.717, 1.165) is 12.1 Å². The van der Waals surface area contributed by atoms with E-state index in [1.165, 1.54) is 13.2 Å². The highest BCUT2D eigenvalue weighted by atomic mass is 35.5. The lowest BCUT2D eigenvalue weighted by molar-refractivity contribution is -0.180. The molecule has 0 spiro atoms. The average Bonchev–Trinajstić information content (AvgIpc) is 3.02. The summed E-state index contributed by atoms with van der Waals surface area (Å²) in [7, 11) is 1.48. The fourth-order valence-corrected chi connectivity index (χ4v) is 4.00. The van der Waals surface area contributed by atoms with Crippen LogP contribution in [0.15, 0.2) is 36.4 Å². The summed E-state index contributed by atoms with van der Waals surface area (Å²) in [5.41, 5.74) is 0.890. The zero-order valence-electron chi connectivity index (χ0n) is 15.6. The van der Waals surface area contributed by atoms with Crippen LogP contribution in [0.2, 0.25) is 5.02 Å². The second-order valence-electron chi connectivity index (χ2n) is 6.90. The molecule has 3 aromatic rings. The van der Waals surface area contributed by atoms with E-state index in [9.17, 15) is 22.4 Å². The molecule has 0 fully saturated rings. The number of benzene rings is 2. The number of aromatic amines is 1. The molecule has 10 heteroatoms. The monoisotopic (exact) mass is 441 g/mol. The van der Waals surface area contributed by atoms with Gasteiger partial charge < -0.3 is 19.9 Å². The van der Waals surface area contributed by atoms with Gasteiger partial charge in [-0.05, 0) is 48.4 Å². The van der Waals surface area contributed by atoms with E-state index in [-0.39, 0.29) is 29.4 Å². The Balaban J connectivity index is 1.72. The van der Waals surface area contributed by atoms with Gasteiger partial charge in [-0.1, -0.05) is 11.6 Å². The highest BCUT2D eigenvalue weighted by Gasteiger charge is 2.50. The summed E-state index contributed by atoms with van der Waals surface area (Å²) >= 11 is 5.76. The Bertz CT molecular complexity index is 1110. The number of carbonyl (C=O) groups excluding carboxylic acids is 1. The van der Waals surface area contributed by atoms with Crippen molar-refractivity contribution in [3.63, 3.8) is 0 Å². The number of ether oxygens (including phenoxy) is 1. The van der Waals surface area contributed by atoms with E-state index >= 15 is 0 Å². The number of hydrogen-bond acceptors (Lipinski definition) is 2. The first-order chi connectivity index (χ1) is 14.2. The quantitative estimate of drug-likeness (QED) is 0.504. The summed E-state index contributed by atoms with van der Waals surface area (Å²) in [5, 5.41) is 2.94. The number of amides is 2. The summed E-state index contributed by atoms with van der Waals surface area (Å²) in [5.74, 6) is -0.188. The van der Waals surface area contributed by atoms with Crippen LogP contribution < -0.4 is 10.1 Å². The van der Waals surface area contributed by atoms with E-state index in [4.69, 9.17) is 16.3 Å². The first-order valence-electron chi connectivity index (χ1n) is 8.96. The van der Waals surface area contributed by atoms with Crippen LogP contribution >= 0.6 is 11.6 Å². The summed E-state index contributed by atoms with van der Waals surface area (Å²) < 4.78 is 60.8. The van der Waals surface area contributed by atoms with E-state index in [1.54, 1.807) is 18.2 Å². The summed E-state index contributed by atoms with van der Waals surface area (Å²) in [6.45, 7) is -0.170. The number of nitrogens with zero attached hydrogens (tertiary/aromatic N) is 1. The molecule has 0 saturated heterocycles. The molecule has 1 atom stereocenters. The van der Waals surface area contributed by atoms with Crippen LogP contribution in [0.4, 0.5) is 28.0 Å². The molecule has 2 heterocycles. The number of halogens is 5. The third kappa shape index (κ3) is 3.65. The second-order valence-corrected chi connectivity index (χ2v) is 7.34. The Morgan fingerprint density at radius 1 is 1.27 bits per heavy atom. The molecule has 0 saturated carbocycles. The molecule has 30 heavy (non-hydrogen) atoms. The van der Waals surface area contributed by atoms with Crippen LogP contribution in [-0.4, -0.2) is 35.7 Å². The first-order valence-corrected chi connectivity index (χ1v) is 9.34. The first kappa shape index (κ1) is 20.3. The predicted molar refractivity (Wildman–Crippen MR) is 104 cm³/mol. The van der Waals surface area contributed by atoms with Gasteiger partial charge in [0.2, 0.25) is 0 Å². The number of nitrogens with one attached hydrogen (secondary N) is 2. The Hall–Kier alpha value is -2.94. The molecule has 0 radical (unpaired) electrons. The molecule has 4 rings (SSSR count). The minimum absolute atomic E-state index is 0.0168. The van der Waals surface area contributed by atoms with Crippen molar-refractivity contribution in [1.82, 2.24) is 9.88 Å². The SMILES string of the molecule is COc1ccc2[nH]c3c(c2c1)CCN(C(=O)Nc1cc(F)cc(Cl)c1)C3C(F)(F)F. The van der Waals surface area contributed by atoms with E-state index in [1.807, 2.05) is 0 Å². The van der Waals surface area contributed by atoms with Crippen molar-refractivity contribution in [2.24, 2.45) is 0 Å². The van der Waals surface area contributed by atoms with Gasteiger partial charge >= 0.3 is 12.2 Å². The van der Waals surface area contributed by atoms with Crippen LogP contribution in [0.1, 0.15) is 17.3 Å². The Labute approximate surface area is 173 Å². The maximum Gasteiger partial charge on any atom is 0.414 e. The van der Waals surface area contributed by atoms with Crippen LogP contribution in [-0.2, 0) is 6.42 Å². The lowest BCUT2D eigenvalue weighted by Gasteiger charge is -2.36. The summed E-state index contributed by atoms with van der Waals surface area (Å²) in [6, 6.07) is 5.05. The molecule has 1 aromatic heterocycles. The van der Waals surface area contributed by atoms with Crippen molar-refractivity contribution in [1.29, 1.82) is 0 Å². The van der Waals surface area contributed by atoms with Gasteiger partial charge in [-0.25, -0.2) is 9.18 Å². The molecule has 0 aliphatic carbocycles. The third-order valence-corrected chi connectivity index (χ3v) is 5.24. The number of urea groups is 1. The van der Waals surface area contributed by atoms with Crippen LogP contribution in [0.5, 0.6) is 5.75 Å². The number of rotatable bonds is 2. The van der Waals surface area contributed by atoms with Crippen molar-refractivity contribution >= 4 is 34.2 Å². The molecule has 2 N–H and O–H groups in total. The van der Waals surface area contributed by atoms with E-state index in [0.29, 0.717) is 27.1 Å². The number of alkyl halides is 3. The normalized spacial score (nSPS) is 16.5. The van der Waals surface area contributed by atoms with Crippen molar-refractivity contribution in [2.45, 2.75) is 18.6 Å². The summed E-state index contributed by atoms with van der Waals surface area (Å²) in [4.78, 5) is 16.2.